The molecule has 0 spiro atoms. The molecule has 0 aliphatic heterocycles. The monoisotopic (exact) mass is 381 g/mol. The van der Waals surface area contributed by atoms with Crippen LogP contribution in [0.1, 0.15) is 30.9 Å². The Balaban J connectivity index is 2.01. The number of hydrogen-bond acceptors (Lipinski definition) is 2. The largest absolute Gasteiger partial charge is 0.489 e. The van der Waals surface area contributed by atoms with Crippen molar-refractivity contribution in [1.29, 1.82) is 0 Å². The van der Waals surface area contributed by atoms with E-state index in [1.54, 1.807) is 0 Å². The molecule has 0 aliphatic rings. The maximum Gasteiger partial charge on any atom is 0.124 e. The number of ether oxygens (including phenoxy) is 1. The van der Waals surface area contributed by atoms with Crippen molar-refractivity contribution in [2.24, 2.45) is 0 Å². The van der Waals surface area contributed by atoms with Gasteiger partial charge in [0, 0.05) is 27.2 Å². The molecular weight excluding hydrogens is 362 g/mol. The smallest absolute Gasteiger partial charge is 0.124 e. The Morgan fingerprint density at radius 3 is 2.73 bits per heavy atom. The summed E-state index contributed by atoms with van der Waals surface area (Å²) in [5.74, 6) is 0.895. The quantitative estimate of drug-likeness (QED) is 0.602. The molecule has 1 N–H and O–H groups in total. The van der Waals surface area contributed by atoms with Crippen molar-refractivity contribution in [1.82, 2.24) is 5.32 Å². The summed E-state index contributed by atoms with van der Waals surface area (Å²) in [4.78, 5) is 0. The van der Waals surface area contributed by atoms with Crippen molar-refractivity contribution in [3.63, 3.8) is 0 Å². The second-order valence-corrected chi connectivity index (χ2v) is 6.49. The molecular formula is C18H21BrClNO. The Morgan fingerprint density at radius 2 is 1.95 bits per heavy atom. The lowest BCUT2D eigenvalue weighted by molar-refractivity contribution is 0.302. The van der Waals surface area contributed by atoms with Gasteiger partial charge >= 0.3 is 0 Å². The van der Waals surface area contributed by atoms with Crippen LogP contribution < -0.4 is 10.1 Å². The summed E-state index contributed by atoms with van der Waals surface area (Å²) in [6.45, 7) is 4.49. The van der Waals surface area contributed by atoms with Crippen molar-refractivity contribution in [3.8, 4) is 5.75 Å². The lowest BCUT2D eigenvalue weighted by atomic mass is 10.2. The first-order valence-corrected chi connectivity index (χ1v) is 8.73. The molecule has 2 aromatic carbocycles. The van der Waals surface area contributed by atoms with Gasteiger partial charge in [-0.05, 0) is 37.2 Å². The summed E-state index contributed by atoms with van der Waals surface area (Å²) in [6.07, 6.45) is 2.38. The van der Waals surface area contributed by atoms with E-state index in [2.05, 4.69) is 34.2 Å². The summed E-state index contributed by atoms with van der Waals surface area (Å²) in [5, 5.41) is 4.19. The summed E-state index contributed by atoms with van der Waals surface area (Å²) in [5.41, 5.74) is 2.15. The van der Waals surface area contributed by atoms with Crippen LogP contribution in [0.15, 0.2) is 46.9 Å². The minimum absolute atomic E-state index is 0.475. The van der Waals surface area contributed by atoms with Crippen LogP contribution in [0, 0.1) is 0 Å². The average Bonchev–Trinajstić information content (AvgIpc) is 2.52. The lowest BCUT2D eigenvalue weighted by Crippen LogP contribution is -2.15. The van der Waals surface area contributed by atoms with Gasteiger partial charge in [-0.1, -0.05) is 59.1 Å². The van der Waals surface area contributed by atoms with E-state index in [4.69, 9.17) is 16.3 Å². The van der Waals surface area contributed by atoms with Crippen LogP contribution in [-0.4, -0.2) is 6.54 Å². The van der Waals surface area contributed by atoms with Gasteiger partial charge in [0.15, 0.2) is 0 Å². The van der Waals surface area contributed by atoms with E-state index in [9.17, 15) is 0 Å². The number of unbranched alkanes of at least 4 members (excludes halogenated alkanes) is 1. The molecule has 0 atom stereocenters. The Hall–Kier alpha value is -1.03. The van der Waals surface area contributed by atoms with Crippen LogP contribution in [0.5, 0.6) is 5.75 Å². The maximum absolute atomic E-state index is 6.17. The maximum atomic E-state index is 6.17. The standard InChI is InChI=1S/C18H21BrClNO/c1-2-3-10-21-12-15-11-16(19)8-9-18(15)22-13-14-6-4-5-7-17(14)20/h4-9,11,21H,2-3,10,12-13H2,1H3. The number of hydrogen-bond donors (Lipinski definition) is 1. The molecule has 22 heavy (non-hydrogen) atoms. The molecule has 0 saturated heterocycles. The van der Waals surface area contributed by atoms with Crippen LogP contribution in [0.3, 0.4) is 0 Å². The lowest BCUT2D eigenvalue weighted by Gasteiger charge is -2.13. The molecule has 2 rings (SSSR count). The van der Waals surface area contributed by atoms with Crippen molar-refractivity contribution >= 4 is 27.5 Å². The summed E-state index contributed by atoms with van der Waals surface area (Å²) < 4.78 is 7.03. The average molecular weight is 383 g/mol. The topological polar surface area (TPSA) is 21.3 Å². The molecule has 2 nitrogen and oxygen atoms in total. The third-order valence-corrected chi connectivity index (χ3v) is 4.25. The zero-order valence-corrected chi connectivity index (χ0v) is 15.1. The number of nitrogens with one attached hydrogen (secondary N) is 1. The molecule has 0 aromatic heterocycles. The number of benzene rings is 2. The van der Waals surface area contributed by atoms with Crippen LogP contribution in [-0.2, 0) is 13.2 Å². The van der Waals surface area contributed by atoms with Gasteiger partial charge in [-0.15, -0.1) is 0 Å². The zero-order chi connectivity index (χ0) is 15.8. The summed E-state index contributed by atoms with van der Waals surface area (Å²) in [7, 11) is 0. The predicted octanol–water partition coefficient (Wildman–Crippen LogP) is 5.57. The highest BCUT2D eigenvalue weighted by Crippen LogP contribution is 2.25. The van der Waals surface area contributed by atoms with Crippen LogP contribution >= 0.6 is 27.5 Å². The molecule has 118 valence electrons. The van der Waals surface area contributed by atoms with E-state index in [0.717, 1.165) is 39.5 Å². The van der Waals surface area contributed by atoms with E-state index in [-0.39, 0.29) is 0 Å². The highest BCUT2D eigenvalue weighted by molar-refractivity contribution is 9.10. The summed E-state index contributed by atoms with van der Waals surface area (Å²) >= 11 is 9.70. The second-order valence-electron chi connectivity index (χ2n) is 5.16. The fourth-order valence-electron chi connectivity index (χ4n) is 2.12. The van der Waals surface area contributed by atoms with E-state index < -0.39 is 0 Å². The van der Waals surface area contributed by atoms with Crippen molar-refractivity contribution in [2.75, 3.05) is 6.54 Å². The van der Waals surface area contributed by atoms with E-state index in [1.807, 2.05) is 36.4 Å². The van der Waals surface area contributed by atoms with E-state index in [1.165, 1.54) is 12.8 Å². The predicted molar refractivity (Wildman–Crippen MR) is 96.5 cm³/mol. The van der Waals surface area contributed by atoms with Crippen LogP contribution in [0.25, 0.3) is 0 Å². The van der Waals surface area contributed by atoms with Crippen LogP contribution in [0.4, 0.5) is 0 Å². The minimum atomic E-state index is 0.475. The molecule has 0 aliphatic carbocycles. The van der Waals surface area contributed by atoms with Gasteiger partial charge in [0.2, 0.25) is 0 Å². The van der Waals surface area contributed by atoms with Crippen LogP contribution in [0.2, 0.25) is 5.02 Å². The Bertz CT molecular complexity index is 603. The number of halogens is 2. The first-order chi connectivity index (χ1) is 10.7. The Kier molecular flexibility index (Phi) is 7.23. The third-order valence-electron chi connectivity index (χ3n) is 3.39. The normalized spacial score (nSPS) is 10.7. The fraction of sp³-hybridized carbons (Fsp3) is 0.333. The van der Waals surface area contributed by atoms with Gasteiger partial charge in [-0.2, -0.15) is 0 Å². The molecule has 0 amide bonds. The SMILES string of the molecule is CCCCNCc1cc(Br)ccc1OCc1ccccc1Cl. The third kappa shape index (κ3) is 5.31. The minimum Gasteiger partial charge on any atom is -0.489 e. The number of rotatable bonds is 8. The molecule has 0 heterocycles. The Labute approximate surface area is 146 Å². The van der Waals surface area contributed by atoms with Gasteiger partial charge in [0.1, 0.15) is 12.4 Å². The van der Waals surface area contributed by atoms with Gasteiger partial charge < -0.3 is 10.1 Å². The highest BCUT2D eigenvalue weighted by Gasteiger charge is 2.06. The fourth-order valence-corrected chi connectivity index (χ4v) is 2.72. The van der Waals surface area contributed by atoms with E-state index in [0.29, 0.717) is 6.61 Å². The molecule has 2 aromatic rings. The zero-order valence-electron chi connectivity index (χ0n) is 12.7. The second kappa shape index (κ2) is 9.19. The molecule has 0 fully saturated rings. The molecule has 0 saturated carbocycles. The summed E-state index contributed by atoms with van der Waals surface area (Å²) in [6, 6.07) is 13.9. The van der Waals surface area contributed by atoms with E-state index >= 15 is 0 Å². The first kappa shape index (κ1) is 17.3. The van der Waals surface area contributed by atoms with Crippen molar-refractivity contribution in [3.05, 3.63) is 63.1 Å². The van der Waals surface area contributed by atoms with Gasteiger partial charge in [-0.25, -0.2) is 0 Å². The molecule has 0 unspecified atom stereocenters. The van der Waals surface area contributed by atoms with Gasteiger partial charge in [0.25, 0.3) is 0 Å². The molecule has 0 bridgehead atoms. The van der Waals surface area contributed by atoms with Gasteiger partial charge in [0.05, 0.1) is 0 Å². The first-order valence-electron chi connectivity index (χ1n) is 7.56. The molecule has 4 heteroatoms. The van der Waals surface area contributed by atoms with Crippen molar-refractivity contribution in [2.45, 2.75) is 32.9 Å². The highest BCUT2D eigenvalue weighted by atomic mass is 79.9. The molecule has 0 radical (unpaired) electrons. The van der Waals surface area contributed by atoms with Crippen molar-refractivity contribution < 1.29 is 4.74 Å². The Morgan fingerprint density at radius 1 is 1.14 bits per heavy atom. The van der Waals surface area contributed by atoms with Gasteiger partial charge in [-0.3, -0.25) is 0 Å².